The monoisotopic (exact) mass is 515 g/mol. The van der Waals surface area contributed by atoms with Crippen LogP contribution >= 0.6 is 27.5 Å². The summed E-state index contributed by atoms with van der Waals surface area (Å²) >= 11 is 9.68. The highest BCUT2D eigenvalue weighted by Gasteiger charge is 2.46. The molecule has 0 bridgehead atoms. The first-order valence-electron chi connectivity index (χ1n) is 9.89. The maximum Gasteiger partial charge on any atom is 0.296 e. The molecule has 0 saturated carbocycles. The fraction of sp³-hybridized carbons (Fsp3) is 0.167. The summed E-state index contributed by atoms with van der Waals surface area (Å²) in [4.78, 5) is 27.4. The fourth-order valence-electron chi connectivity index (χ4n) is 3.68. The first-order valence-corrected chi connectivity index (χ1v) is 11.1. The third kappa shape index (κ3) is 4.18. The molecule has 1 unspecified atom stereocenters. The molecule has 6 nitrogen and oxygen atoms in total. The number of aliphatic hydroxyl groups excluding tert-OH is 1. The van der Waals surface area contributed by atoms with Crippen LogP contribution in [0.1, 0.15) is 29.9 Å². The number of likely N-dealkylation sites (tertiary alicyclic amines) is 1. The van der Waals surface area contributed by atoms with Crippen molar-refractivity contribution in [3.8, 4) is 5.75 Å². The number of furan rings is 1. The molecule has 0 spiro atoms. The Morgan fingerprint density at radius 3 is 2.56 bits per heavy atom. The standard InChI is InChI=1S/C24H19BrClNO5/c1-2-31-19-10-7-15(12-18(19)26)22(28)20-21(14-5-8-16(25)9-6-14)27(24(30)23(20)29)13-17-4-3-11-32-17/h3-12,21,28H,2,13H2,1H3/b22-20+. The second kappa shape index (κ2) is 9.22. The Bertz CT molecular complexity index is 1190. The number of hydrogen-bond acceptors (Lipinski definition) is 5. The summed E-state index contributed by atoms with van der Waals surface area (Å²) in [6.45, 7) is 2.36. The minimum Gasteiger partial charge on any atom is -0.507 e. The quantitative estimate of drug-likeness (QED) is 0.258. The molecule has 1 aliphatic rings. The number of hydrogen-bond donors (Lipinski definition) is 1. The fourth-order valence-corrected chi connectivity index (χ4v) is 4.18. The zero-order valence-electron chi connectivity index (χ0n) is 17.0. The van der Waals surface area contributed by atoms with Crippen LogP contribution in [0, 0.1) is 0 Å². The Kier molecular flexibility index (Phi) is 6.39. The molecule has 1 fully saturated rings. The number of ketones is 1. The van der Waals surface area contributed by atoms with Crippen molar-refractivity contribution in [1.29, 1.82) is 0 Å². The van der Waals surface area contributed by atoms with E-state index in [0.29, 0.717) is 34.3 Å². The molecule has 1 amide bonds. The summed E-state index contributed by atoms with van der Waals surface area (Å²) in [7, 11) is 0. The number of amides is 1. The molecular formula is C24H19BrClNO5. The lowest BCUT2D eigenvalue weighted by Crippen LogP contribution is -2.29. The third-order valence-electron chi connectivity index (χ3n) is 5.14. The van der Waals surface area contributed by atoms with Gasteiger partial charge in [-0.2, -0.15) is 0 Å². The number of nitrogens with zero attached hydrogens (tertiary/aromatic N) is 1. The molecule has 1 aliphatic heterocycles. The summed E-state index contributed by atoms with van der Waals surface area (Å²) in [5.74, 6) is -0.797. The highest BCUT2D eigenvalue weighted by molar-refractivity contribution is 9.10. The van der Waals surface area contributed by atoms with Crippen molar-refractivity contribution in [2.45, 2.75) is 19.5 Å². The number of carbonyl (C=O) groups is 2. The van der Waals surface area contributed by atoms with E-state index in [1.54, 1.807) is 36.4 Å². The minimum atomic E-state index is -0.793. The molecule has 1 saturated heterocycles. The lowest BCUT2D eigenvalue weighted by Gasteiger charge is -2.24. The summed E-state index contributed by atoms with van der Waals surface area (Å²) in [5.41, 5.74) is 0.984. The van der Waals surface area contributed by atoms with E-state index in [9.17, 15) is 14.7 Å². The van der Waals surface area contributed by atoms with Crippen LogP contribution < -0.4 is 4.74 Å². The smallest absolute Gasteiger partial charge is 0.296 e. The van der Waals surface area contributed by atoms with Gasteiger partial charge >= 0.3 is 0 Å². The van der Waals surface area contributed by atoms with Gasteiger partial charge in [0, 0.05) is 10.0 Å². The molecule has 2 aromatic carbocycles. The number of carbonyl (C=O) groups excluding carboxylic acids is 2. The van der Waals surface area contributed by atoms with E-state index < -0.39 is 17.7 Å². The van der Waals surface area contributed by atoms with Gasteiger partial charge in [0.2, 0.25) is 0 Å². The lowest BCUT2D eigenvalue weighted by atomic mass is 9.95. The molecular weight excluding hydrogens is 498 g/mol. The molecule has 0 aliphatic carbocycles. The van der Waals surface area contributed by atoms with Crippen LogP contribution in [-0.2, 0) is 16.1 Å². The average Bonchev–Trinajstić information content (AvgIpc) is 3.38. The molecule has 1 N–H and O–H groups in total. The molecule has 1 atom stereocenters. The van der Waals surface area contributed by atoms with Crippen LogP contribution in [0.25, 0.3) is 5.76 Å². The van der Waals surface area contributed by atoms with E-state index in [1.807, 2.05) is 19.1 Å². The minimum absolute atomic E-state index is 0.0101. The zero-order valence-corrected chi connectivity index (χ0v) is 19.4. The molecule has 4 rings (SSSR count). The Morgan fingerprint density at radius 1 is 1.19 bits per heavy atom. The summed E-state index contributed by atoms with van der Waals surface area (Å²) in [6.07, 6.45) is 1.50. The van der Waals surface area contributed by atoms with E-state index in [4.69, 9.17) is 20.8 Å². The maximum atomic E-state index is 13.1. The Morgan fingerprint density at radius 2 is 1.94 bits per heavy atom. The largest absolute Gasteiger partial charge is 0.507 e. The molecule has 8 heteroatoms. The van der Waals surface area contributed by atoms with Crippen molar-refractivity contribution in [3.63, 3.8) is 0 Å². The first-order chi connectivity index (χ1) is 15.4. The maximum absolute atomic E-state index is 13.1. The Labute approximate surface area is 198 Å². The lowest BCUT2D eigenvalue weighted by molar-refractivity contribution is -0.140. The van der Waals surface area contributed by atoms with Gasteiger partial charge in [-0.3, -0.25) is 9.59 Å². The Balaban J connectivity index is 1.84. The average molecular weight is 517 g/mol. The third-order valence-corrected chi connectivity index (χ3v) is 5.96. The number of Topliss-reactive ketones (excluding diaryl/α,β-unsaturated/α-hetero) is 1. The number of benzene rings is 2. The normalized spacial score (nSPS) is 17.7. The van der Waals surface area contributed by atoms with Crippen molar-refractivity contribution >= 4 is 45.0 Å². The van der Waals surface area contributed by atoms with Crippen molar-refractivity contribution < 1.29 is 23.8 Å². The van der Waals surface area contributed by atoms with Gasteiger partial charge in [0.05, 0.1) is 36.1 Å². The van der Waals surface area contributed by atoms with Crippen LogP contribution in [0.4, 0.5) is 0 Å². The molecule has 164 valence electrons. The van der Waals surface area contributed by atoms with E-state index in [0.717, 1.165) is 4.47 Å². The highest BCUT2D eigenvalue weighted by Crippen LogP contribution is 2.41. The van der Waals surface area contributed by atoms with Gasteiger partial charge < -0.3 is 19.2 Å². The Hall–Kier alpha value is -3.03. The second-order valence-electron chi connectivity index (χ2n) is 7.14. The van der Waals surface area contributed by atoms with Crippen molar-refractivity contribution in [2.24, 2.45) is 0 Å². The second-order valence-corrected chi connectivity index (χ2v) is 8.46. The van der Waals surface area contributed by atoms with Gasteiger partial charge in [0.1, 0.15) is 17.3 Å². The molecule has 3 aromatic rings. The molecule has 0 radical (unpaired) electrons. The van der Waals surface area contributed by atoms with Gasteiger partial charge in [0.25, 0.3) is 11.7 Å². The predicted molar refractivity (Wildman–Crippen MR) is 123 cm³/mol. The zero-order chi connectivity index (χ0) is 22.8. The van der Waals surface area contributed by atoms with Crippen LogP contribution in [0.5, 0.6) is 5.75 Å². The number of aliphatic hydroxyl groups is 1. The van der Waals surface area contributed by atoms with Gasteiger partial charge in [-0.25, -0.2) is 0 Å². The first kappa shape index (κ1) is 22.2. The van der Waals surface area contributed by atoms with E-state index in [2.05, 4.69) is 15.9 Å². The van der Waals surface area contributed by atoms with Gasteiger partial charge in [-0.15, -0.1) is 0 Å². The van der Waals surface area contributed by atoms with Gasteiger partial charge in [-0.05, 0) is 55.0 Å². The van der Waals surface area contributed by atoms with Crippen molar-refractivity contribution in [1.82, 2.24) is 4.90 Å². The summed E-state index contributed by atoms with van der Waals surface area (Å²) in [6, 6.07) is 14.6. The van der Waals surface area contributed by atoms with Crippen molar-refractivity contribution in [3.05, 3.63) is 92.8 Å². The highest BCUT2D eigenvalue weighted by atomic mass is 79.9. The molecule has 32 heavy (non-hydrogen) atoms. The SMILES string of the molecule is CCOc1ccc(/C(O)=C2\C(=O)C(=O)N(Cc3ccco3)C2c2ccc(Br)cc2)cc1Cl. The molecule has 1 aromatic heterocycles. The van der Waals surface area contributed by atoms with Crippen LogP contribution in [0.15, 0.2) is 75.3 Å². The van der Waals surface area contributed by atoms with Crippen LogP contribution in [-0.4, -0.2) is 28.3 Å². The van der Waals surface area contributed by atoms with E-state index in [-0.39, 0.29) is 17.9 Å². The van der Waals surface area contributed by atoms with E-state index >= 15 is 0 Å². The van der Waals surface area contributed by atoms with Gasteiger partial charge in [-0.1, -0.05) is 39.7 Å². The number of halogens is 2. The van der Waals surface area contributed by atoms with Gasteiger partial charge in [0.15, 0.2) is 0 Å². The molecule has 2 heterocycles. The summed E-state index contributed by atoms with van der Waals surface area (Å²) in [5, 5.41) is 11.4. The number of ether oxygens (including phenoxy) is 1. The summed E-state index contributed by atoms with van der Waals surface area (Å²) < 4.78 is 11.7. The predicted octanol–water partition coefficient (Wildman–Crippen LogP) is 5.72. The topological polar surface area (TPSA) is 80.0 Å². The van der Waals surface area contributed by atoms with E-state index in [1.165, 1.54) is 17.2 Å². The van der Waals surface area contributed by atoms with Crippen LogP contribution in [0.2, 0.25) is 5.02 Å². The van der Waals surface area contributed by atoms with Crippen molar-refractivity contribution in [2.75, 3.05) is 6.61 Å². The van der Waals surface area contributed by atoms with Crippen LogP contribution in [0.3, 0.4) is 0 Å². The number of rotatable bonds is 6.